The van der Waals surface area contributed by atoms with E-state index < -0.39 is 0 Å². The molecule has 3 rings (SSSR count). The van der Waals surface area contributed by atoms with Crippen LogP contribution in [0.25, 0.3) is 11.0 Å². The number of hydrogen-bond donors (Lipinski definition) is 0. The lowest BCUT2D eigenvalue weighted by Crippen LogP contribution is -2.32. The van der Waals surface area contributed by atoms with Crippen molar-refractivity contribution in [2.75, 3.05) is 19.8 Å². The Balaban J connectivity index is 1.89. The van der Waals surface area contributed by atoms with E-state index in [1.807, 2.05) is 42.8 Å². The predicted octanol–water partition coefficient (Wildman–Crippen LogP) is 2.37. The molecule has 1 aliphatic rings. The number of aromatic nitrogens is 3. The van der Waals surface area contributed by atoms with Crippen molar-refractivity contribution in [1.82, 2.24) is 15.0 Å². The molecule has 0 amide bonds. The lowest BCUT2D eigenvalue weighted by Gasteiger charge is -2.27. The van der Waals surface area contributed by atoms with Gasteiger partial charge in [0, 0.05) is 19.8 Å². The normalized spacial score (nSPS) is 22.4. The fourth-order valence-electron chi connectivity index (χ4n) is 2.81. The van der Waals surface area contributed by atoms with Crippen LogP contribution in [0, 0.1) is 5.92 Å². The minimum Gasteiger partial charge on any atom is -0.356 e. The molecule has 6 heteroatoms. The van der Waals surface area contributed by atoms with Gasteiger partial charge in [0.15, 0.2) is 12.5 Å². The van der Waals surface area contributed by atoms with Crippen LogP contribution in [-0.2, 0) is 14.2 Å². The van der Waals surface area contributed by atoms with E-state index in [0.29, 0.717) is 19.8 Å². The topological polar surface area (TPSA) is 58.4 Å². The molecule has 1 aromatic heterocycles. The molecule has 2 unspecified atom stereocenters. The first kappa shape index (κ1) is 14.4. The lowest BCUT2D eigenvalue weighted by atomic mass is 10.1. The Morgan fingerprint density at radius 3 is 2.81 bits per heavy atom. The summed E-state index contributed by atoms with van der Waals surface area (Å²) in [5.74, 6) is 0.120. The molecular formula is C15H21N3O3. The molecular weight excluding hydrogens is 270 g/mol. The molecule has 0 bridgehead atoms. The maximum Gasteiger partial charge on any atom is 0.164 e. The Hall–Kier alpha value is -1.50. The Labute approximate surface area is 124 Å². The third-order valence-electron chi connectivity index (χ3n) is 3.74. The van der Waals surface area contributed by atoms with E-state index in [1.165, 1.54) is 0 Å². The summed E-state index contributed by atoms with van der Waals surface area (Å²) in [6, 6.07) is 7.89. The molecule has 1 aromatic carbocycles. The Morgan fingerprint density at radius 2 is 2.05 bits per heavy atom. The van der Waals surface area contributed by atoms with Crippen LogP contribution in [0.2, 0.25) is 0 Å². The van der Waals surface area contributed by atoms with Gasteiger partial charge in [0.2, 0.25) is 0 Å². The zero-order valence-electron chi connectivity index (χ0n) is 12.4. The quantitative estimate of drug-likeness (QED) is 0.765. The highest BCUT2D eigenvalue weighted by atomic mass is 16.7. The van der Waals surface area contributed by atoms with Crippen LogP contribution >= 0.6 is 0 Å². The second-order valence-corrected chi connectivity index (χ2v) is 5.02. The van der Waals surface area contributed by atoms with Gasteiger partial charge in [-0.25, -0.2) is 4.68 Å². The summed E-state index contributed by atoms with van der Waals surface area (Å²) in [7, 11) is 0. The van der Waals surface area contributed by atoms with Crippen molar-refractivity contribution in [3.05, 3.63) is 24.3 Å². The van der Waals surface area contributed by atoms with Gasteiger partial charge in [-0.15, -0.1) is 5.10 Å². The summed E-state index contributed by atoms with van der Waals surface area (Å²) in [4.78, 5) is 0. The first-order valence-corrected chi connectivity index (χ1v) is 7.50. The van der Waals surface area contributed by atoms with Crippen molar-refractivity contribution in [1.29, 1.82) is 0 Å². The van der Waals surface area contributed by atoms with Crippen LogP contribution in [-0.4, -0.2) is 41.1 Å². The molecule has 2 aromatic rings. The Bertz CT molecular complexity index is 580. The first-order chi connectivity index (χ1) is 10.3. The number of rotatable bonds is 6. The number of para-hydroxylation sites is 1. The maximum absolute atomic E-state index is 5.89. The molecule has 1 fully saturated rings. The van der Waals surface area contributed by atoms with Gasteiger partial charge >= 0.3 is 0 Å². The molecule has 2 heterocycles. The van der Waals surface area contributed by atoms with Crippen molar-refractivity contribution >= 4 is 11.0 Å². The monoisotopic (exact) mass is 291 g/mol. The Kier molecular flexibility index (Phi) is 4.48. The van der Waals surface area contributed by atoms with E-state index >= 15 is 0 Å². The van der Waals surface area contributed by atoms with Crippen LogP contribution in [0.4, 0.5) is 0 Å². The second-order valence-electron chi connectivity index (χ2n) is 5.02. The highest BCUT2D eigenvalue weighted by molar-refractivity contribution is 5.73. The maximum atomic E-state index is 5.89. The summed E-state index contributed by atoms with van der Waals surface area (Å²) in [6.45, 7) is 5.86. The molecule has 1 aliphatic heterocycles. The van der Waals surface area contributed by atoms with E-state index in [2.05, 4.69) is 10.3 Å². The Morgan fingerprint density at radius 1 is 1.29 bits per heavy atom. The molecule has 0 spiro atoms. The summed E-state index contributed by atoms with van der Waals surface area (Å²) >= 11 is 0. The van der Waals surface area contributed by atoms with Crippen LogP contribution in [0.3, 0.4) is 0 Å². The fourth-order valence-corrected chi connectivity index (χ4v) is 2.81. The van der Waals surface area contributed by atoms with Gasteiger partial charge < -0.3 is 14.2 Å². The molecule has 1 saturated heterocycles. The van der Waals surface area contributed by atoms with Gasteiger partial charge in [-0.05, 0) is 32.4 Å². The average molecular weight is 291 g/mol. The van der Waals surface area contributed by atoms with Crippen molar-refractivity contribution in [3.8, 4) is 0 Å². The number of hydrogen-bond acceptors (Lipinski definition) is 5. The van der Waals surface area contributed by atoms with E-state index in [4.69, 9.17) is 14.2 Å². The van der Waals surface area contributed by atoms with Crippen LogP contribution in [0.5, 0.6) is 0 Å². The number of fused-ring (bicyclic) bond motifs is 1. The van der Waals surface area contributed by atoms with Crippen LogP contribution in [0.1, 0.15) is 26.5 Å². The predicted molar refractivity (Wildman–Crippen MR) is 77.7 cm³/mol. The zero-order valence-corrected chi connectivity index (χ0v) is 12.4. The molecule has 0 saturated carbocycles. The summed E-state index contributed by atoms with van der Waals surface area (Å²) in [6.07, 6.45) is 0.430. The number of benzene rings is 1. The van der Waals surface area contributed by atoms with Gasteiger partial charge in [-0.2, -0.15) is 0 Å². The van der Waals surface area contributed by atoms with Gasteiger partial charge in [0.05, 0.1) is 11.4 Å². The standard InChI is InChI=1S/C15H21N3O3/c1-3-19-15(20-4-2)11-9-10-21-14(11)18-13-8-6-5-7-12(13)16-17-18/h5-8,11,14-15H,3-4,9-10H2,1-2H3. The van der Waals surface area contributed by atoms with E-state index in [9.17, 15) is 0 Å². The summed E-state index contributed by atoms with van der Waals surface area (Å²) in [5, 5.41) is 8.46. The molecule has 0 N–H and O–H groups in total. The third-order valence-corrected chi connectivity index (χ3v) is 3.74. The largest absolute Gasteiger partial charge is 0.356 e. The van der Waals surface area contributed by atoms with Crippen LogP contribution < -0.4 is 0 Å². The molecule has 114 valence electrons. The smallest absolute Gasteiger partial charge is 0.164 e. The minimum atomic E-state index is -0.268. The average Bonchev–Trinajstić information content (AvgIpc) is 3.13. The van der Waals surface area contributed by atoms with Gasteiger partial charge in [-0.1, -0.05) is 17.3 Å². The van der Waals surface area contributed by atoms with Gasteiger partial charge in [-0.3, -0.25) is 0 Å². The SMILES string of the molecule is CCOC(OCC)C1CCOC1n1nnc2ccccc21. The summed E-state index contributed by atoms with van der Waals surface area (Å²) in [5.41, 5.74) is 1.84. The van der Waals surface area contributed by atoms with E-state index in [-0.39, 0.29) is 18.4 Å². The molecule has 6 nitrogen and oxygen atoms in total. The van der Waals surface area contributed by atoms with Gasteiger partial charge in [0.1, 0.15) is 5.52 Å². The van der Waals surface area contributed by atoms with E-state index in [0.717, 1.165) is 17.5 Å². The highest BCUT2D eigenvalue weighted by Gasteiger charge is 2.38. The van der Waals surface area contributed by atoms with Gasteiger partial charge in [0.25, 0.3) is 0 Å². The van der Waals surface area contributed by atoms with Crippen molar-refractivity contribution in [2.24, 2.45) is 5.92 Å². The summed E-state index contributed by atoms with van der Waals surface area (Å²) < 4.78 is 19.2. The fraction of sp³-hybridized carbons (Fsp3) is 0.600. The van der Waals surface area contributed by atoms with Crippen LogP contribution in [0.15, 0.2) is 24.3 Å². The first-order valence-electron chi connectivity index (χ1n) is 7.50. The zero-order chi connectivity index (χ0) is 14.7. The molecule has 21 heavy (non-hydrogen) atoms. The van der Waals surface area contributed by atoms with Crippen molar-refractivity contribution < 1.29 is 14.2 Å². The number of ether oxygens (including phenoxy) is 3. The van der Waals surface area contributed by atoms with Crippen molar-refractivity contribution in [2.45, 2.75) is 32.8 Å². The molecule has 0 aliphatic carbocycles. The van der Waals surface area contributed by atoms with E-state index in [1.54, 1.807) is 0 Å². The molecule has 0 radical (unpaired) electrons. The molecule has 2 atom stereocenters. The highest BCUT2D eigenvalue weighted by Crippen LogP contribution is 2.35. The third kappa shape index (κ3) is 2.79. The number of nitrogens with zero attached hydrogens (tertiary/aromatic N) is 3. The minimum absolute atomic E-state index is 0.120. The second kappa shape index (κ2) is 6.51. The lowest BCUT2D eigenvalue weighted by molar-refractivity contribution is -0.185. The van der Waals surface area contributed by atoms with Crippen molar-refractivity contribution in [3.63, 3.8) is 0 Å².